The lowest BCUT2D eigenvalue weighted by molar-refractivity contribution is -0.159. The smallest absolute Gasteiger partial charge is 0.317 e. The summed E-state index contributed by atoms with van der Waals surface area (Å²) >= 11 is 0. The molecule has 1 fully saturated rings. The molecule has 0 radical (unpaired) electrons. The van der Waals surface area contributed by atoms with Crippen molar-refractivity contribution in [3.63, 3.8) is 0 Å². The van der Waals surface area contributed by atoms with E-state index in [9.17, 15) is 9.59 Å². The zero-order valence-corrected chi connectivity index (χ0v) is 10.7. The van der Waals surface area contributed by atoms with Crippen LogP contribution in [-0.2, 0) is 14.3 Å². The molecule has 17 heavy (non-hydrogen) atoms. The Morgan fingerprint density at radius 3 is 2.82 bits per heavy atom. The number of carbonyl (C=O) groups is 2. The summed E-state index contributed by atoms with van der Waals surface area (Å²) in [4.78, 5) is 22.6. The highest BCUT2D eigenvalue weighted by atomic mass is 16.6. The van der Waals surface area contributed by atoms with Gasteiger partial charge in [-0.05, 0) is 25.2 Å². The van der Waals surface area contributed by atoms with Gasteiger partial charge in [-0.2, -0.15) is 0 Å². The molecule has 0 amide bonds. The number of hydrogen-bond acceptors (Lipinski definition) is 3. The van der Waals surface area contributed by atoms with Crippen LogP contribution in [0.15, 0.2) is 12.2 Å². The van der Waals surface area contributed by atoms with E-state index in [1.165, 1.54) is 19.3 Å². The van der Waals surface area contributed by atoms with Gasteiger partial charge in [0.25, 0.3) is 0 Å². The van der Waals surface area contributed by atoms with E-state index in [1.807, 2.05) is 0 Å². The summed E-state index contributed by atoms with van der Waals surface area (Å²) < 4.78 is 4.67. The van der Waals surface area contributed by atoms with E-state index in [-0.39, 0.29) is 12.4 Å². The van der Waals surface area contributed by atoms with Crippen molar-refractivity contribution in [3.8, 4) is 0 Å². The Hall–Kier alpha value is -1.12. The molecule has 1 rings (SSSR count). The van der Waals surface area contributed by atoms with Crippen LogP contribution in [0.2, 0.25) is 0 Å². The fraction of sp³-hybridized carbons (Fsp3) is 0.714. The molecule has 3 heteroatoms. The van der Waals surface area contributed by atoms with Crippen molar-refractivity contribution >= 4 is 11.9 Å². The van der Waals surface area contributed by atoms with Crippen LogP contribution in [0.3, 0.4) is 0 Å². The Morgan fingerprint density at radius 2 is 2.12 bits per heavy atom. The maximum atomic E-state index is 11.3. The highest BCUT2D eigenvalue weighted by Gasteiger charge is 2.18. The van der Waals surface area contributed by atoms with Crippen LogP contribution in [0.4, 0.5) is 0 Å². The summed E-state index contributed by atoms with van der Waals surface area (Å²) in [6.07, 6.45) is 6.84. The maximum Gasteiger partial charge on any atom is 0.317 e. The molecule has 0 aliphatic carbocycles. The number of esters is 2. The highest BCUT2D eigenvalue weighted by Crippen LogP contribution is 2.25. The second-order valence-corrected chi connectivity index (χ2v) is 4.88. The van der Waals surface area contributed by atoms with Gasteiger partial charge in [0.1, 0.15) is 0 Å². The standard InChI is InChI=1S/C14H22O3/c1-3-4-6-12-7-5-8-13(15)17-14(16)10-11(2)9-12/h12H,2-10H2,1H3. The first-order valence-corrected chi connectivity index (χ1v) is 6.52. The minimum absolute atomic E-state index is 0.189. The van der Waals surface area contributed by atoms with Crippen molar-refractivity contribution in [2.75, 3.05) is 0 Å². The molecule has 0 aromatic rings. The van der Waals surface area contributed by atoms with E-state index in [1.54, 1.807) is 0 Å². The quantitative estimate of drug-likeness (QED) is 0.430. The number of ether oxygens (including phenoxy) is 1. The molecular weight excluding hydrogens is 216 g/mol. The number of cyclic esters (lactones) is 2. The SMILES string of the molecule is C=C1CC(=O)OC(=O)CCCC(CCCC)C1. The fourth-order valence-electron chi connectivity index (χ4n) is 2.27. The van der Waals surface area contributed by atoms with Crippen molar-refractivity contribution in [1.29, 1.82) is 0 Å². The molecule has 0 saturated carbocycles. The molecule has 1 heterocycles. The molecule has 1 unspecified atom stereocenters. The van der Waals surface area contributed by atoms with Crippen LogP contribution in [0, 0.1) is 5.92 Å². The summed E-state index contributed by atoms with van der Waals surface area (Å²) in [5.74, 6) is -0.267. The third kappa shape index (κ3) is 5.66. The predicted molar refractivity (Wildman–Crippen MR) is 66.3 cm³/mol. The van der Waals surface area contributed by atoms with E-state index in [0.29, 0.717) is 12.3 Å². The van der Waals surface area contributed by atoms with Gasteiger partial charge in [-0.1, -0.05) is 38.3 Å². The van der Waals surface area contributed by atoms with Gasteiger partial charge in [-0.15, -0.1) is 0 Å². The van der Waals surface area contributed by atoms with Crippen molar-refractivity contribution < 1.29 is 14.3 Å². The first-order chi connectivity index (χ1) is 8.11. The van der Waals surface area contributed by atoms with Gasteiger partial charge in [0, 0.05) is 6.42 Å². The second kappa shape index (κ2) is 7.25. The number of carbonyl (C=O) groups excluding carboxylic acids is 2. The Morgan fingerprint density at radius 1 is 1.35 bits per heavy atom. The molecule has 0 spiro atoms. The lowest BCUT2D eigenvalue weighted by atomic mass is 9.89. The molecule has 1 saturated heterocycles. The predicted octanol–water partition coefficient (Wildman–Crippen LogP) is 3.38. The van der Waals surface area contributed by atoms with Crippen LogP contribution in [0.5, 0.6) is 0 Å². The zero-order valence-electron chi connectivity index (χ0n) is 10.7. The van der Waals surface area contributed by atoms with Gasteiger partial charge in [0.2, 0.25) is 0 Å². The normalized spacial score (nSPS) is 23.4. The first-order valence-electron chi connectivity index (χ1n) is 6.52. The van der Waals surface area contributed by atoms with Crippen LogP contribution in [-0.4, -0.2) is 11.9 Å². The molecule has 1 aliphatic rings. The van der Waals surface area contributed by atoms with Crippen molar-refractivity contribution in [1.82, 2.24) is 0 Å². The summed E-state index contributed by atoms with van der Waals surface area (Å²) in [5, 5.41) is 0. The largest absolute Gasteiger partial charge is 0.393 e. The molecular formula is C14H22O3. The summed E-state index contributed by atoms with van der Waals surface area (Å²) in [7, 11) is 0. The van der Waals surface area contributed by atoms with E-state index < -0.39 is 5.97 Å². The van der Waals surface area contributed by atoms with Crippen LogP contribution >= 0.6 is 0 Å². The summed E-state index contributed by atoms with van der Waals surface area (Å²) in [5.41, 5.74) is 0.894. The Balaban J connectivity index is 2.54. The van der Waals surface area contributed by atoms with Crippen molar-refractivity contribution in [2.24, 2.45) is 5.92 Å². The highest BCUT2D eigenvalue weighted by molar-refractivity contribution is 5.86. The van der Waals surface area contributed by atoms with Crippen molar-refractivity contribution in [3.05, 3.63) is 12.2 Å². The third-order valence-corrected chi connectivity index (χ3v) is 3.16. The lowest BCUT2D eigenvalue weighted by Crippen LogP contribution is -2.16. The molecule has 0 N–H and O–H groups in total. The minimum atomic E-state index is -0.448. The second-order valence-electron chi connectivity index (χ2n) is 4.88. The Bertz CT molecular complexity index is 294. The van der Waals surface area contributed by atoms with Gasteiger partial charge >= 0.3 is 11.9 Å². The van der Waals surface area contributed by atoms with E-state index in [2.05, 4.69) is 18.2 Å². The zero-order chi connectivity index (χ0) is 12.7. The van der Waals surface area contributed by atoms with Gasteiger partial charge < -0.3 is 4.74 Å². The molecule has 1 atom stereocenters. The summed E-state index contributed by atoms with van der Waals surface area (Å²) in [6.45, 7) is 6.09. The van der Waals surface area contributed by atoms with Gasteiger partial charge in [-0.3, -0.25) is 9.59 Å². The Kier molecular flexibility index (Phi) is 5.95. The average molecular weight is 238 g/mol. The minimum Gasteiger partial charge on any atom is -0.393 e. The number of hydrogen-bond donors (Lipinski definition) is 0. The van der Waals surface area contributed by atoms with Crippen molar-refractivity contribution in [2.45, 2.75) is 58.3 Å². The fourth-order valence-corrected chi connectivity index (χ4v) is 2.27. The van der Waals surface area contributed by atoms with Crippen LogP contribution in [0.25, 0.3) is 0 Å². The van der Waals surface area contributed by atoms with Crippen LogP contribution in [0.1, 0.15) is 58.3 Å². The van der Waals surface area contributed by atoms with E-state index >= 15 is 0 Å². The van der Waals surface area contributed by atoms with Gasteiger partial charge in [0.05, 0.1) is 6.42 Å². The Labute approximate surface area is 103 Å². The molecule has 96 valence electrons. The average Bonchev–Trinajstić information content (AvgIpc) is 2.24. The first kappa shape index (κ1) is 13.9. The molecule has 3 nitrogen and oxygen atoms in total. The summed E-state index contributed by atoms with van der Waals surface area (Å²) in [6, 6.07) is 0. The topological polar surface area (TPSA) is 43.4 Å². The molecule has 0 bridgehead atoms. The van der Waals surface area contributed by atoms with Gasteiger partial charge in [-0.25, -0.2) is 0 Å². The third-order valence-electron chi connectivity index (χ3n) is 3.16. The molecule has 1 aliphatic heterocycles. The number of unbranched alkanes of at least 4 members (excludes halogenated alkanes) is 1. The molecule has 0 aromatic carbocycles. The van der Waals surface area contributed by atoms with E-state index in [4.69, 9.17) is 0 Å². The van der Waals surface area contributed by atoms with E-state index in [0.717, 1.165) is 24.8 Å². The lowest BCUT2D eigenvalue weighted by Gasteiger charge is -2.19. The number of rotatable bonds is 3. The van der Waals surface area contributed by atoms with Gasteiger partial charge in [0.15, 0.2) is 0 Å². The monoisotopic (exact) mass is 238 g/mol. The maximum absolute atomic E-state index is 11.3. The van der Waals surface area contributed by atoms with Crippen LogP contribution < -0.4 is 0 Å². The molecule has 0 aromatic heterocycles.